The number of aromatic nitrogens is 1. The van der Waals surface area contributed by atoms with Crippen LogP contribution in [0, 0.1) is 11.6 Å². The maximum atomic E-state index is 14.1. The van der Waals surface area contributed by atoms with Gasteiger partial charge in [-0.1, -0.05) is 11.6 Å². The number of nitrogens with two attached hydrogens (primary N) is 1. The summed E-state index contributed by atoms with van der Waals surface area (Å²) in [6, 6.07) is 2.12. The Morgan fingerprint density at radius 1 is 1.25 bits per heavy atom. The minimum absolute atomic E-state index is 0.130. The third-order valence-corrected chi connectivity index (χ3v) is 3.28. The van der Waals surface area contributed by atoms with Gasteiger partial charge in [0.25, 0.3) is 0 Å². The van der Waals surface area contributed by atoms with E-state index in [1.54, 1.807) is 0 Å². The lowest BCUT2D eigenvalue weighted by molar-refractivity contribution is -0.0523. The van der Waals surface area contributed by atoms with E-state index in [2.05, 4.69) is 14.5 Å². The first kappa shape index (κ1) is 17.8. The van der Waals surface area contributed by atoms with Crippen molar-refractivity contribution in [2.24, 2.45) is 0 Å². The number of hydrogen-bond donors (Lipinski definition) is 1. The SMILES string of the molecule is COC(=O)c1nc(-c2cc(F)c(OC(F)F)cc2F)cc(N)c1Cl. The number of halogens is 5. The summed E-state index contributed by atoms with van der Waals surface area (Å²) in [5.41, 5.74) is 4.42. The molecule has 10 heteroatoms. The number of hydrogen-bond acceptors (Lipinski definition) is 5. The predicted octanol–water partition coefficient (Wildman–Crippen LogP) is 3.65. The highest BCUT2D eigenvalue weighted by atomic mass is 35.5. The summed E-state index contributed by atoms with van der Waals surface area (Å²) >= 11 is 5.82. The molecule has 24 heavy (non-hydrogen) atoms. The highest BCUT2D eigenvalue weighted by Gasteiger charge is 2.21. The summed E-state index contributed by atoms with van der Waals surface area (Å²) in [6.07, 6.45) is 0. The predicted molar refractivity (Wildman–Crippen MR) is 77.0 cm³/mol. The van der Waals surface area contributed by atoms with Crippen LogP contribution in [0.5, 0.6) is 5.75 Å². The Morgan fingerprint density at radius 3 is 2.50 bits per heavy atom. The molecule has 0 aliphatic carbocycles. The van der Waals surface area contributed by atoms with E-state index in [1.807, 2.05) is 0 Å². The first-order chi connectivity index (χ1) is 11.2. The lowest BCUT2D eigenvalue weighted by Crippen LogP contribution is -2.09. The zero-order valence-corrected chi connectivity index (χ0v) is 12.7. The van der Waals surface area contributed by atoms with Gasteiger partial charge in [0.15, 0.2) is 17.3 Å². The molecule has 2 aromatic rings. The molecule has 0 spiro atoms. The number of rotatable bonds is 4. The minimum atomic E-state index is -3.32. The molecule has 0 amide bonds. The second-order valence-electron chi connectivity index (χ2n) is 4.39. The van der Waals surface area contributed by atoms with E-state index in [0.717, 1.165) is 13.2 Å². The molecule has 0 atom stereocenters. The number of carbonyl (C=O) groups excluding carboxylic acids is 1. The van der Waals surface area contributed by atoms with Gasteiger partial charge >= 0.3 is 12.6 Å². The molecule has 5 nitrogen and oxygen atoms in total. The second-order valence-corrected chi connectivity index (χ2v) is 4.77. The summed E-state index contributed by atoms with van der Waals surface area (Å²) in [4.78, 5) is 15.4. The van der Waals surface area contributed by atoms with Crippen molar-refractivity contribution < 1.29 is 31.8 Å². The number of methoxy groups -OCH3 is 1. The molecule has 128 valence electrons. The van der Waals surface area contributed by atoms with E-state index >= 15 is 0 Å². The summed E-state index contributed by atoms with van der Waals surface area (Å²) in [5, 5.41) is -0.218. The van der Waals surface area contributed by atoms with Crippen LogP contribution in [0.2, 0.25) is 5.02 Å². The molecular formula is C14H9ClF4N2O3. The number of esters is 1. The van der Waals surface area contributed by atoms with E-state index in [9.17, 15) is 22.4 Å². The second kappa shape index (κ2) is 6.91. The molecule has 0 saturated carbocycles. The van der Waals surface area contributed by atoms with Gasteiger partial charge in [-0.05, 0) is 12.1 Å². The molecule has 2 rings (SSSR count). The standard InChI is InChI=1S/C14H9ClF4N2O3/c1-23-13(22)12-11(15)8(20)4-9(21-12)5-2-7(17)10(3-6(5)16)24-14(18)19/h2-4,14H,1H3,(H2,20,21). The topological polar surface area (TPSA) is 74.4 Å². The molecule has 0 unspecified atom stereocenters. The number of nitrogen functional groups attached to an aromatic ring is 1. The van der Waals surface area contributed by atoms with Gasteiger partial charge in [0.05, 0.1) is 23.5 Å². The first-order valence-corrected chi connectivity index (χ1v) is 6.61. The Labute approximate surface area is 137 Å². The number of nitrogens with zero attached hydrogens (tertiary/aromatic N) is 1. The van der Waals surface area contributed by atoms with E-state index in [-0.39, 0.29) is 16.4 Å². The molecule has 0 aliphatic heterocycles. The molecule has 0 radical (unpaired) electrons. The third-order valence-electron chi connectivity index (χ3n) is 2.88. The lowest BCUT2D eigenvalue weighted by Gasteiger charge is -2.11. The Hall–Kier alpha value is -2.55. The van der Waals surface area contributed by atoms with Crippen molar-refractivity contribution in [1.82, 2.24) is 4.98 Å². The van der Waals surface area contributed by atoms with Crippen LogP contribution >= 0.6 is 11.6 Å². The van der Waals surface area contributed by atoms with Crippen molar-refractivity contribution in [3.8, 4) is 17.0 Å². The maximum Gasteiger partial charge on any atom is 0.387 e. The number of anilines is 1. The van der Waals surface area contributed by atoms with Crippen LogP contribution < -0.4 is 10.5 Å². The van der Waals surface area contributed by atoms with Crippen LogP contribution in [0.3, 0.4) is 0 Å². The largest absolute Gasteiger partial charge is 0.464 e. The molecule has 2 N–H and O–H groups in total. The molecule has 0 bridgehead atoms. The van der Waals surface area contributed by atoms with E-state index in [0.29, 0.717) is 12.1 Å². The van der Waals surface area contributed by atoms with Gasteiger partial charge < -0.3 is 15.2 Å². The Bertz CT molecular complexity index is 802. The van der Waals surface area contributed by atoms with Crippen molar-refractivity contribution in [1.29, 1.82) is 0 Å². The first-order valence-electron chi connectivity index (χ1n) is 6.23. The highest BCUT2D eigenvalue weighted by molar-refractivity contribution is 6.35. The van der Waals surface area contributed by atoms with Gasteiger partial charge in [-0.3, -0.25) is 0 Å². The number of carbonyl (C=O) groups is 1. The molecule has 1 heterocycles. The Kier molecular flexibility index (Phi) is 5.13. The lowest BCUT2D eigenvalue weighted by atomic mass is 10.1. The number of benzene rings is 1. The van der Waals surface area contributed by atoms with Crippen LogP contribution in [-0.4, -0.2) is 24.7 Å². The monoisotopic (exact) mass is 364 g/mol. The molecule has 0 saturated heterocycles. The molecule has 1 aromatic carbocycles. The molecule has 1 aromatic heterocycles. The van der Waals surface area contributed by atoms with Crippen LogP contribution in [0.25, 0.3) is 11.3 Å². The quantitative estimate of drug-likeness (QED) is 0.662. The van der Waals surface area contributed by atoms with Crippen molar-refractivity contribution in [2.75, 3.05) is 12.8 Å². The summed E-state index contributed by atoms with van der Waals surface area (Å²) < 4.78 is 60.4. The molecule has 0 aliphatic rings. The van der Waals surface area contributed by atoms with Crippen LogP contribution in [0.1, 0.15) is 10.5 Å². The van der Waals surface area contributed by atoms with Crippen LogP contribution in [0.15, 0.2) is 18.2 Å². The number of alkyl halides is 2. The van der Waals surface area contributed by atoms with E-state index in [4.69, 9.17) is 17.3 Å². The number of pyridine rings is 1. The van der Waals surface area contributed by atoms with Crippen molar-refractivity contribution in [3.63, 3.8) is 0 Å². The van der Waals surface area contributed by atoms with Crippen molar-refractivity contribution in [2.45, 2.75) is 6.61 Å². The number of ether oxygens (including phenoxy) is 2. The summed E-state index contributed by atoms with van der Waals surface area (Å²) in [5.74, 6) is -4.27. The minimum Gasteiger partial charge on any atom is -0.464 e. The average molecular weight is 365 g/mol. The summed E-state index contributed by atoms with van der Waals surface area (Å²) in [7, 11) is 1.07. The highest BCUT2D eigenvalue weighted by Crippen LogP contribution is 2.32. The molecular weight excluding hydrogens is 356 g/mol. The fraction of sp³-hybridized carbons (Fsp3) is 0.143. The fourth-order valence-corrected chi connectivity index (χ4v) is 2.00. The van der Waals surface area contributed by atoms with E-state index < -0.39 is 41.2 Å². The normalized spacial score (nSPS) is 10.8. The van der Waals surface area contributed by atoms with Crippen molar-refractivity contribution >= 4 is 23.3 Å². The van der Waals surface area contributed by atoms with Gasteiger partial charge in [0.2, 0.25) is 0 Å². The zero-order valence-electron chi connectivity index (χ0n) is 11.9. The summed E-state index contributed by atoms with van der Waals surface area (Å²) in [6.45, 7) is -3.32. The molecule has 0 fully saturated rings. The Balaban J connectivity index is 2.58. The van der Waals surface area contributed by atoms with Gasteiger partial charge in [0.1, 0.15) is 5.82 Å². The Morgan fingerprint density at radius 2 is 1.92 bits per heavy atom. The average Bonchev–Trinajstić information content (AvgIpc) is 2.52. The van der Waals surface area contributed by atoms with Gasteiger partial charge in [0, 0.05) is 11.6 Å². The van der Waals surface area contributed by atoms with Gasteiger partial charge in [-0.15, -0.1) is 0 Å². The smallest absolute Gasteiger partial charge is 0.387 e. The van der Waals surface area contributed by atoms with Crippen LogP contribution in [-0.2, 0) is 4.74 Å². The fourth-order valence-electron chi connectivity index (χ4n) is 1.83. The van der Waals surface area contributed by atoms with Crippen LogP contribution in [0.4, 0.5) is 23.2 Å². The van der Waals surface area contributed by atoms with Crippen molar-refractivity contribution in [3.05, 3.63) is 40.6 Å². The van der Waals surface area contributed by atoms with Gasteiger partial charge in [-0.25, -0.2) is 18.6 Å². The van der Waals surface area contributed by atoms with E-state index in [1.165, 1.54) is 0 Å². The van der Waals surface area contributed by atoms with Gasteiger partial charge in [-0.2, -0.15) is 8.78 Å². The maximum absolute atomic E-state index is 14.1. The zero-order chi connectivity index (χ0) is 18.0. The third kappa shape index (κ3) is 3.51.